The smallest absolute Gasteiger partial charge is 0.343 e. The van der Waals surface area contributed by atoms with Crippen molar-refractivity contribution < 1.29 is 14.3 Å². The van der Waals surface area contributed by atoms with Crippen molar-refractivity contribution in [1.82, 2.24) is 14.8 Å². The van der Waals surface area contributed by atoms with Gasteiger partial charge in [-0.2, -0.15) is 0 Å². The average molecular weight is 198 g/mol. The monoisotopic (exact) mass is 198 g/mol. The molecule has 1 atom stereocenters. The van der Waals surface area contributed by atoms with Gasteiger partial charge in [0.25, 0.3) is 0 Å². The molecule has 0 aliphatic carbocycles. The molecule has 77 valence electrons. The molecule has 1 aromatic heterocycles. The summed E-state index contributed by atoms with van der Waals surface area (Å²) in [5.74, 6) is -0.0922. The largest absolute Gasteiger partial charge is 0.464 e. The summed E-state index contributed by atoms with van der Waals surface area (Å²) in [6, 6.07) is 0. The van der Waals surface area contributed by atoms with Gasteiger partial charge in [0.05, 0.1) is 6.61 Å². The Kier molecular flexibility index (Phi) is 3.58. The minimum absolute atomic E-state index is 0.306. The predicted octanol–water partition coefficient (Wildman–Crippen LogP) is -0.134. The molecule has 0 aliphatic heterocycles. The topological polar surface area (TPSA) is 66.2 Å². The molecular weight excluding hydrogens is 186 g/mol. The van der Waals surface area contributed by atoms with E-state index in [1.165, 1.54) is 11.7 Å². The average Bonchev–Trinajstić information content (AvgIpc) is 2.54. The number of esters is 1. The van der Waals surface area contributed by atoms with Crippen LogP contribution in [0.1, 0.15) is 18.9 Å². The minimum atomic E-state index is -0.835. The quantitative estimate of drug-likeness (QED) is 0.630. The predicted molar refractivity (Wildman–Crippen MR) is 46.2 cm³/mol. The summed E-state index contributed by atoms with van der Waals surface area (Å²) < 4.78 is 11.3. The van der Waals surface area contributed by atoms with Crippen LogP contribution in [0.4, 0.5) is 0 Å². The zero-order valence-corrected chi connectivity index (χ0v) is 8.35. The third-order valence-corrected chi connectivity index (χ3v) is 1.66. The maximum Gasteiger partial charge on any atom is 0.343 e. The van der Waals surface area contributed by atoms with Gasteiger partial charge in [-0.05, 0) is 6.92 Å². The lowest BCUT2D eigenvalue weighted by atomic mass is 10.3. The molecule has 0 saturated carbocycles. The van der Waals surface area contributed by atoms with Gasteiger partial charge in [0.2, 0.25) is 12.4 Å². The van der Waals surface area contributed by atoms with E-state index in [1.54, 1.807) is 14.0 Å². The maximum absolute atomic E-state index is 11.4. The van der Waals surface area contributed by atoms with E-state index in [0.29, 0.717) is 12.4 Å². The molecule has 1 radical (unpaired) electrons. The van der Waals surface area contributed by atoms with Crippen LogP contribution in [-0.4, -0.2) is 34.5 Å². The lowest BCUT2D eigenvalue weighted by molar-refractivity contribution is -0.156. The van der Waals surface area contributed by atoms with Crippen molar-refractivity contribution in [3.05, 3.63) is 12.2 Å². The molecule has 1 aromatic rings. The molecule has 0 N–H and O–H groups in total. The Morgan fingerprint density at radius 2 is 2.43 bits per heavy atom. The molecule has 1 heterocycles. The summed E-state index contributed by atoms with van der Waals surface area (Å²) >= 11 is 0. The van der Waals surface area contributed by atoms with Gasteiger partial charge in [0.15, 0.2) is 5.82 Å². The fourth-order valence-corrected chi connectivity index (χ4v) is 1.01. The number of carbonyl (C=O) groups excluding carboxylic acids is 1. The highest BCUT2D eigenvalue weighted by Gasteiger charge is 2.25. The van der Waals surface area contributed by atoms with Crippen LogP contribution in [-0.2, 0) is 21.3 Å². The van der Waals surface area contributed by atoms with Crippen LogP contribution in [0, 0.1) is 6.33 Å². The zero-order valence-electron chi connectivity index (χ0n) is 8.35. The molecule has 0 fully saturated rings. The Labute approximate surface area is 81.8 Å². The first-order valence-corrected chi connectivity index (χ1v) is 4.17. The van der Waals surface area contributed by atoms with Crippen LogP contribution in [0.5, 0.6) is 0 Å². The van der Waals surface area contributed by atoms with E-state index in [-0.39, 0.29) is 0 Å². The normalized spacial score (nSPS) is 12.5. The van der Waals surface area contributed by atoms with Crippen molar-refractivity contribution in [3.8, 4) is 0 Å². The molecule has 0 spiro atoms. The Bertz CT molecular complexity index is 311. The number of methoxy groups -OCH3 is 1. The Morgan fingerprint density at radius 3 is 2.86 bits per heavy atom. The van der Waals surface area contributed by atoms with E-state index < -0.39 is 12.1 Å². The Morgan fingerprint density at radius 1 is 1.71 bits per heavy atom. The first kappa shape index (κ1) is 10.6. The van der Waals surface area contributed by atoms with Gasteiger partial charge in [-0.15, -0.1) is 10.2 Å². The summed E-state index contributed by atoms with van der Waals surface area (Å²) in [6.45, 7) is 2.04. The van der Waals surface area contributed by atoms with Crippen LogP contribution in [0.25, 0.3) is 0 Å². The fourth-order valence-electron chi connectivity index (χ4n) is 1.01. The number of carbonyl (C=O) groups is 1. The third kappa shape index (κ3) is 2.08. The van der Waals surface area contributed by atoms with Crippen LogP contribution >= 0.6 is 0 Å². The summed E-state index contributed by atoms with van der Waals surface area (Å²) in [6.07, 6.45) is 1.71. The molecule has 0 saturated heterocycles. The van der Waals surface area contributed by atoms with E-state index in [4.69, 9.17) is 9.47 Å². The highest BCUT2D eigenvalue weighted by atomic mass is 16.6. The van der Waals surface area contributed by atoms with Crippen molar-refractivity contribution >= 4 is 5.97 Å². The van der Waals surface area contributed by atoms with Gasteiger partial charge in [-0.3, -0.25) is 0 Å². The van der Waals surface area contributed by atoms with Crippen LogP contribution < -0.4 is 0 Å². The molecule has 14 heavy (non-hydrogen) atoms. The molecule has 0 aromatic carbocycles. The van der Waals surface area contributed by atoms with Crippen molar-refractivity contribution in [3.63, 3.8) is 0 Å². The van der Waals surface area contributed by atoms with E-state index in [2.05, 4.69) is 16.5 Å². The SMILES string of the molecule is CCOC(=O)C(OC)c1nn[c]n1C. The summed E-state index contributed by atoms with van der Waals surface area (Å²) in [5, 5.41) is 7.26. The maximum atomic E-state index is 11.4. The van der Waals surface area contributed by atoms with E-state index >= 15 is 0 Å². The standard InChI is InChI=1S/C8H12N3O3/c1-4-14-8(12)6(13-3)7-10-9-5-11(7)2/h6H,4H2,1-3H3. The van der Waals surface area contributed by atoms with Gasteiger partial charge in [-0.1, -0.05) is 0 Å². The second-order valence-electron chi connectivity index (χ2n) is 2.59. The first-order chi connectivity index (χ1) is 6.70. The summed E-state index contributed by atoms with van der Waals surface area (Å²) in [7, 11) is 3.09. The number of ether oxygens (including phenoxy) is 2. The van der Waals surface area contributed by atoms with E-state index in [0.717, 1.165) is 0 Å². The van der Waals surface area contributed by atoms with Gasteiger partial charge in [0.1, 0.15) is 0 Å². The molecule has 0 amide bonds. The molecule has 6 nitrogen and oxygen atoms in total. The number of hydrogen-bond donors (Lipinski definition) is 0. The minimum Gasteiger partial charge on any atom is -0.464 e. The Hall–Kier alpha value is -1.43. The lowest BCUT2D eigenvalue weighted by Gasteiger charge is -2.12. The molecule has 1 rings (SSSR count). The van der Waals surface area contributed by atoms with Crippen molar-refractivity contribution in [2.45, 2.75) is 13.0 Å². The molecule has 0 aliphatic rings. The third-order valence-electron chi connectivity index (χ3n) is 1.66. The lowest BCUT2D eigenvalue weighted by Crippen LogP contribution is -2.20. The molecule has 0 bridgehead atoms. The summed E-state index contributed by atoms with van der Waals surface area (Å²) in [4.78, 5) is 11.4. The highest BCUT2D eigenvalue weighted by Crippen LogP contribution is 2.14. The fraction of sp³-hybridized carbons (Fsp3) is 0.625. The number of nitrogens with zero attached hydrogens (tertiary/aromatic N) is 3. The van der Waals surface area contributed by atoms with Gasteiger partial charge in [0, 0.05) is 14.2 Å². The van der Waals surface area contributed by atoms with Crippen LogP contribution in [0.3, 0.4) is 0 Å². The molecular formula is C8H12N3O3. The van der Waals surface area contributed by atoms with Gasteiger partial charge < -0.3 is 14.0 Å². The zero-order chi connectivity index (χ0) is 10.6. The van der Waals surface area contributed by atoms with Crippen LogP contribution in [0.2, 0.25) is 0 Å². The number of aryl methyl sites for hydroxylation is 1. The Balaban J connectivity index is 2.82. The van der Waals surface area contributed by atoms with Crippen molar-refractivity contribution in [2.75, 3.05) is 13.7 Å². The second-order valence-corrected chi connectivity index (χ2v) is 2.59. The van der Waals surface area contributed by atoms with Crippen molar-refractivity contribution in [2.24, 2.45) is 7.05 Å². The summed E-state index contributed by atoms with van der Waals surface area (Å²) in [5.41, 5.74) is 0. The number of hydrogen-bond acceptors (Lipinski definition) is 5. The van der Waals surface area contributed by atoms with Gasteiger partial charge >= 0.3 is 5.97 Å². The molecule has 1 unspecified atom stereocenters. The highest BCUT2D eigenvalue weighted by molar-refractivity contribution is 5.75. The van der Waals surface area contributed by atoms with Crippen LogP contribution in [0.15, 0.2) is 0 Å². The first-order valence-electron chi connectivity index (χ1n) is 4.17. The van der Waals surface area contributed by atoms with E-state index in [1.807, 2.05) is 0 Å². The van der Waals surface area contributed by atoms with Crippen molar-refractivity contribution in [1.29, 1.82) is 0 Å². The van der Waals surface area contributed by atoms with E-state index in [9.17, 15) is 4.79 Å². The van der Waals surface area contributed by atoms with Gasteiger partial charge in [-0.25, -0.2) is 4.79 Å². The molecule has 6 heteroatoms. The number of rotatable bonds is 4. The second kappa shape index (κ2) is 4.71. The number of aromatic nitrogens is 3.